The zero-order valence-electron chi connectivity index (χ0n) is 10.2. The quantitative estimate of drug-likeness (QED) is 0.847. The lowest BCUT2D eigenvalue weighted by Crippen LogP contribution is -2.11. The van der Waals surface area contributed by atoms with Gasteiger partial charge in [-0.05, 0) is 18.2 Å². The van der Waals surface area contributed by atoms with Crippen LogP contribution in [0.4, 0.5) is 4.39 Å². The minimum atomic E-state index is -0.521. The molecule has 20 heavy (non-hydrogen) atoms. The predicted octanol–water partition coefficient (Wildman–Crippen LogP) is 4.35. The van der Waals surface area contributed by atoms with Crippen LogP contribution in [0.2, 0.25) is 10.0 Å². The normalized spacial score (nSPS) is 10.3. The van der Waals surface area contributed by atoms with E-state index in [2.05, 4.69) is 0 Å². The summed E-state index contributed by atoms with van der Waals surface area (Å²) in [5.74, 6) is -0.161. The van der Waals surface area contributed by atoms with Crippen molar-refractivity contribution in [1.29, 1.82) is 0 Å². The monoisotopic (exact) mass is 329 g/mol. The highest BCUT2D eigenvalue weighted by Gasteiger charge is 2.08. The van der Waals surface area contributed by atoms with E-state index in [-0.39, 0.29) is 17.2 Å². The van der Waals surface area contributed by atoms with Gasteiger partial charge in [-0.15, -0.1) is 0 Å². The van der Waals surface area contributed by atoms with Gasteiger partial charge in [0, 0.05) is 17.2 Å². The zero-order chi connectivity index (χ0) is 14.7. The molecule has 0 heterocycles. The average molecular weight is 330 g/mol. The zero-order valence-corrected chi connectivity index (χ0v) is 12.5. The summed E-state index contributed by atoms with van der Waals surface area (Å²) >= 11 is 16.7. The molecule has 0 aliphatic carbocycles. The van der Waals surface area contributed by atoms with Gasteiger partial charge in [0.05, 0.1) is 10.0 Å². The molecule has 0 fully saturated rings. The van der Waals surface area contributed by atoms with Gasteiger partial charge in [0.25, 0.3) is 0 Å². The second kappa shape index (κ2) is 6.39. The molecular weight excluding hydrogens is 320 g/mol. The first kappa shape index (κ1) is 15.0. The van der Waals surface area contributed by atoms with Crippen LogP contribution in [-0.2, 0) is 6.61 Å². The van der Waals surface area contributed by atoms with E-state index >= 15 is 0 Å². The van der Waals surface area contributed by atoms with Crippen LogP contribution in [-0.4, -0.2) is 4.99 Å². The van der Waals surface area contributed by atoms with E-state index < -0.39 is 5.82 Å². The van der Waals surface area contributed by atoms with Crippen LogP contribution in [0.3, 0.4) is 0 Å². The lowest BCUT2D eigenvalue weighted by Gasteiger charge is -2.09. The standard InChI is InChI=1S/C14H10Cl2FNOS/c15-11-3-1-2-8(13(11)16)7-19-9-4-5-10(14(18)20)12(17)6-9/h1-6H,7H2,(H2,18,20). The molecule has 0 radical (unpaired) electrons. The third-order valence-corrected chi connectivity index (χ3v) is 3.71. The molecule has 0 aliphatic rings. The topological polar surface area (TPSA) is 35.2 Å². The summed E-state index contributed by atoms with van der Waals surface area (Å²) in [5, 5.41) is 0.872. The minimum absolute atomic E-state index is 0.00642. The Kier molecular flexibility index (Phi) is 4.81. The van der Waals surface area contributed by atoms with Gasteiger partial charge in [-0.2, -0.15) is 0 Å². The molecule has 2 rings (SSSR count). The van der Waals surface area contributed by atoms with Gasteiger partial charge in [0.1, 0.15) is 23.2 Å². The lowest BCUT2D eigenvalue weighted by molar-refractivity contribution is 0.304. The number of halogens is 3. The Morgan fingerprint density at radius 2 is 2.00 bits per heavy atom. The van der Waals surface area contributed by atoms with Crippen molar-refractivity contribution in [3.8, 4) is 5.75 Å². The van der Waals surface area contributed by atoms with Crippen molar-refractivity contribution in [1.82, 2.24) is 0 Å². The number of thiocarbonyl (C=S) groups is 1. The van der Waals surface area contributed by atoms with Gasteiger partial charge < -0.3 is 10.5 Å². The summed E-state index contributed by atoms with van der Waals surface area (Å²) < 4.78 is 19.2. The highest BCUT2D eigenvalue weighted by Crippen LogP contribution is 2.27. The molecule has 0 saturated carbocycles. The molecule has 2 nitrogen and oxygen atoms in total. The first-order valence-electron chi connectivity index (χ1n) is 5.64. The van der Waals surface area contributed by atoms with Gasteiger partial charge in [-0.25, -0.2) is 4.39 Å². The third kappa shape index (κ3) is 3.39. The number of nitrogens with two attached hydrogens (primary N) is 1. The van der Waals surface area contributed by atoms with E-state index in [9.17, 15) is 4.39 Å². The second-order valence-corrected chi connectivity index (χ2v) is 5.23. The second-order valence-electron chi connectivity index (χ2n) is 4.01. The highest BCUT2D eigenvalue weighted by atomic mass is 35.5. The van der Waals surface area contributed by atoms with E-state index in [1.165, 1.54) is 12.1 Å². The molecule has 2 N–H and O–H groups in total. The van der Waals surface area contributed by atoms with Crippen molar-refractivity contribution in [2.24, 2.45) is 5.73 Å². The maximum absolute atomic E-state index is 13.7. The largest absolute Gasteiger partial charge is 0.489 e. The maximum Gasteiger partial charge on any atom is 0.137 e. The van der Waals surface area contributed by atoms with Crippen LogP contribution < -0.4 is 10.5 Å². The highest BCUT2D eigenvalue weighted by molar-refractivity contribution is 7.80. The van der Waals surface area contributed by atoms with E-state index in [0.717, 1.165) is 5.56 Å². The van der Waals surface area contributed by atoms with Crippen LogP contribution in [0.15, 0.2) is 36.4 Å². The summed E-state index contributed by atoms with van der Waals surface area (Å²) in [4.78, 5) is 0.00642. The molecule has 0 aromatic heterocycles. The molecular formula is C14H10Cl2FNOS. The first-order chi connectivity index (χ1) is 9.49. The lowest BCUT2D eigenvalue weighted by atomic mass is 10.2. The van der Waals surface area contributed by atoms with Crippen molar-refractivity contribution in [2.75, 3.05) is 0 Å². The van der Waals surface area contributed by atoms with Crippen molar-refractivity contribution < 1.29 is 9.13 Å². The maximum atomic E-state index is 13.7. The molecule has 0 spiro atoms. The Balaban J connectivity index is 2.13. The molecule has 0 bridgehead atoms. The molecule has 0 aliphatic heterocycles. The summed E-state index contributed by atoms with van der Waals surface area (Å²) in [6.45, 7) is 0.186. The third-order valence-electron chi connectivity index (χ3n) is 2.63. The molecule has 0 amide bonds. The SMILES string of the molecule is NC(=S)c1ccc(OCc2cccc(Cl)c2Cl)cc1F. The van der Waals surface area contributed by atoms with Crippen molar-refractivity contribution in [3.05, 3.63) is 63.4 Å². The van der Waals surface area contributed by atoms with Gasteiger partial charge in [0.15, 0.2) is 0 Å². The van der Waals surface area contributed by atoms with Gasteiger partial charge in [-0.1, -0.05) is 47.6 Å². The fraction of sp³-hybridized carbons (Fsp3) is 0.0714. The van der Waals surface area contributed by atoms with Crippen LogP contribution in [0.5, 0.6) is 5.75 Å². The summed E-state index contributed by atoms with van der Waals surface area (Å²) in [7, 11) is 0. The van der Waals surface area contributed by atoms with Crippen molar-refractivity contribution in [3.63, 3.8) is 0 Å². The predicted molar refractivity (Wildman–Crippen MR) is 83.1 cm³/mol. The fourth-order valence-electron chi connectivity index (χ4n) is 1.61. The molecule has 2 aromatic rings. The molecule has 6 heteroatoms. The Bertz CT molecular complexity index is 664. The molecule has 0 atom stereocenters. The van der Waals surface area contributed by atoms with Gasteiger partial charge in [0.2, 0.25) is 0 Å². The molecule has 0 unspecified atom stereocenters. The minimum Gasteiger partial charge on any atom is -0.489 e. The van der Waals surface area contributed by atoms with Gasteiger partial charge >= 0.3 is 0 Å². The van der Waals surface area contributed by atoms with E-state index in [0.29, 0.717) is 15.8 Å². The number of hydrogen-bond acceptors (Lipinski definition) is 2. The van der Waals surface area contributed by atoms with E-state index in [4.69, 9.17) is 45.9 Å². The molecule has 0 saturated heterocycles. The smallest absolute Gasteiger partial charge is 0.137 e. The van der Waals surface area contributed by atoms with E-state index in [1.807, 2.05) is 0 Å². The van der Waals surface area contributed by atoms with Crippen LogP contribution in [0, 0.1) is 5.82 Å². The van der Waals surface area contributed by atoms with Crippen molar-refractivity contribution in [2.45, 2.75) is 6.61 Å². The Labute approximate surface area is 131 Å². The number of ether oxygens (including phenoxy) is 1. The molecule has 2 aromatic carbocycles. The first-order valence-corrected chi connectivity index (χ1v) is 6.80. The van der Waals surface area contributed by atoms with Crippen LogP contribution in [0.1, 0.15) is 11.1 Å². The van der Waals surface area contributed by atoms with Crippen molar-refractivity contribution >= 4 is 40.4 Å². The van der Waals surface area contributed by atoms with Crippen LogP contribution >= 0.6 is 35.4 Å². The van der Waals surface area contributed by atoms with Gasteiger partial charge in [-0.3, -0.25) is 0 Å². The summed E-state index contributed by atoms with van der Waals surface area (Å²) in [5.41, 5.74) is 6.29. The Morgan fingerprint density at radius 1 is 1.25 bits per heavy atom. The Morgan fingerprint density at radius 3 is 2.65 bits per heavy atom. The Hall–Kier alpha value is -1.36. The van der Waals surface area contributed by atoms with E-state index in [1.54, 1.807) is 24.3 Å². The number of rotatable bonds is 4. The fourth-order valence-corrected chi connectivity index (χ4v) is 2.15. The average Bonchev–Trinajstić information content (AvgIpc) is 2.40. The number of benzene rings is 2. The summed E-state index contributed by atoms with van der Waals surface area (Å²) in [6.07, 6.45) is 0. The number of hydrogen-bond donors (Lipinski definition) is 1. The summed E-state index contributed by atoms with van der Waals surface area (Å²) in [6, 6.07) is 9.54. The molecule has 104 valence electrons. The van der Waals surface area contributed by atoms with Crippen LogP contribution in [0.25, 0.3) is 0 Å².